The minimum absolute atomic E-state index is 0.523. The number of carbonyl (C=O) groups excluding carboxylic acids is 1. The third-order valence-electron chi connectivity index (χ3n) is 2.59. The molecular formula is C7H10O. The van der Waals surface area contributed by atoms with Gasteiger partial charge in [-0.15, -0.1) is 0 Å². The van der Waals surface area contributed by atoms with E-state index in [2.05, 4.69) is 0 Å². The zero-order valence-corrected chi connectivity index (χ0v) is 4.89. The minimum Gasteiger partial charge on any atom is -0.299 e. The predicted molar refractivity (Wildman–Crippen MR) is 30.5 cm³/mol. The monoisotopic (exact) mass is 110 g/mol. The first kappa shape index (κ1) is 4.54. The number of ketones is 1. The van der Waals surface area contributed by atoms with Gasteiger partial charge in [0.05, 0.1) is 0 Å². The van der Waals surface area contributed by atoms with E-state index in [1.807, 2.05) is 0 Å². The fraction of sp³-hybridized carbons (Fsp3) is 0.857. The van der Waals surface area contributed by atoms with Crippen LogP contribution in [-0.2, 0) is 4.79 Å². The van der Waals surface area contributed by atoms with Crippen molar-refractivity contribution in [2.45, 2.75) is 25.7 Å². The van der Waals surface area contributed by atoms with Crippen LogP contribution in [-0.4, -0.2) is 5.78 Å². The normalized spacial score (nSPS) is 43.8. The average molecular weight is 110 g/mol. The molecule has 0 bridgehead atoms. The third-order valence-corrected chi connectivity index (χ3v) is 2.59. The van der Waals surface area contributed by atoms with E-state index in [4.69, 9.17) is 0 Å². The molecule has 2 unspecified atom stereocenters. The van der Waals surface area contributed by atoms with Crippen molar-refractivity contribution < 1.29 is 4.79 Å². The van der Waals surface area contributed by atoms with E-state index < -0.39 is 0 Å². The molecule has 2 fully saturated rings. The van der Waals surface area contributed by atoms with Gasteiger partial charge < -0.3 is 0 Å². The fourth-order valence-corrected chi connectivity index (χ4v) is 1.85. The molecule has 0 heterocycles. The van der Waals surface area contributed by atoms with Crippen molar-refractivity contribution in [1.82, 2.24) is 0 Å². The molecule has 2 saturated carbocycles. The largest absolute Gasteiger partial charge is 0.299 e. The highest BCUT2D eigenvalue weighted by Crippen LogP contribution is 2.44. The third kappa shape index (κ3) is 0.396. The zero-order valence-electron chi connectivity index (χ0n) is 4.89. The summed E-state index contributed by atoms with van der Waals surface area (Å²) in [6.45, 7) is 0. The molecular weight excluding hydrogens is 100 g/mol. The van der Waals surface area contributed by atoms with E-state index in [9.17, 15) is 4.79 Å². The fourth-order valence-electron chi connectivity index (χ4n) is 1.85. The van der Waals surface area contributed by atoms with E-state index >= 15 is 0 Å². The van der Waals surface area contributed by atoms with Crippen molar-refractivity contribution in [2.75, 3.05) is 0 Å². The maximum Gasteiger partial charge on any atom is 0.136 e. The number of fused-ring (bicyclic) bond motifs is 1. The first-order valence-electron chi connectivity index (χ1n) is 3.40. The van der Waals surface area contributed by atoms with E-state index in [1.165, 1.54) is 19.3 Å². The van der Waals surface area contributed by atoms with Gasteiger partial charge in [-0.25, -0.2) is 0 Å². The lowest BCUT2D eigenvalue weighted by Gasteiger charge is -2.27. The molecule has 2 atom stereocenters. The van der Waals surface area contributed by atoms with Gasteiger partial charge in [0.15, 0.2) is 0 Å². The Morgan fingerprint density at radius 1 is 1.25 bits per heavy atom. The van der Waals surface area contributed by atoms with E-state index in [0.717, 1.165) is 12.3 Å². The molecule has 2 aliphatic rings. The Labute approximate surface area is 49.1 Å². The quantitative estimate of drug-likeness (QED) is 0.460. The van der Waals surface area contributed by atoms with Crippen molar-refractivity contribution in [1.29, 1.82) is 0 Å². The number of carbonyl (C=O) groups is 1. The first-order valence-corrected chi connectivity index (χ1v) is 3.40. The van der Waals surface area contributed by atoms with E-state index in [-0.39, 0.29) is 0 Å². The maximum absolute atomic E-state index is 10.8. The second-order valence-corrected chi connectivity index (χ2v) is 2.95. The molecule has 0 aromatic carbocycles. The van der Waals surface area contributed by atoms with Gasteiger partial charge in [-0.1, -0.05) is 0 Å². The van der Waals surface area contributed by atoms with Crippen LogP contribution in [0.3, 0.4) is 0 Å². The van der Waals surface area contributed by atoms with Crippen molar-refractivity contribution >= 4 is 5.78 Å². The summed E-state index contributed by atoms with van der Waals surface area (Å²) < 4.78 is 0. The molecule has 0 radical (unpaired) electrons. The van der Waals surface area contributed by atoms with Gasteiger partial charge in [0.2, 0.25) is 0 Å². The van der Waals surface area contributed by atoms with Crippen molar-refractivity contribution in [2.24, 2.45) is 11.8 Å². The number of rotatable bonds is 0. The van der Waals surface area contributed by atoms with Gasteiger partial charge in [0.25, 0.3) is 0 Å². The molecule has 0 spiro atoms. The Hall–Kier alpha value is -0.330. The minimum atomic E-state index is 0.523. The van der Waals surface area contributed by atoms with Crippen LogP contribution in [0.1, 0.15) is 25.7 Å². The summed E-state index contributed by atoms with van der Waals surface area (Å²) >= 11 is 0. The van der Waals surface area contributed by atoms with Crippen molar-refractivity contribution in [3.05, 3.63) is 0 Å². The summed E-state index contributed by atoms with van der Waals surface area (Å²) in [5.41, 5.74) is 0. The summed E-state index contributed by atoms with van der Waals surface area (Å²) in [6.07, 6.45) is 4.61. The SMILES string of the molecule is O=C1CCC2CCC12. The average Bonchev–Trinajstić information content (AvgIpc) is 1.80. The molecule has 0 aromatic heterocycles. The van der Waals surface area contributed by atoms with Gasteiger partial charge in [-0.3, -0.25) is 4.79 Å². The molecule has 0 aromatic rings. The van der Waals surface area contributed by atoms with Gasteiger partial charge in [0.1, 0.15) is 5.78 Å². The van der Waals surface area contributed by atoms with Crippen LogP contribution < -0.4 is 0 Å². The first-order chi connectivity index (χ1) is 3.88. The lowest BCUT2D eigenvalue weighted by Crippen LogP contribution is -2.24. The van der Waals surface area contributed by atoms with Crippen molar-refractivity contribution in [3.8, 4) is 0 Å². The summed E-state index contributed by atoms with van der Waals surface area (Å²) in [5.74, 6) is 1.89. The summed E-state index contributed by atoms with van der Waals surface area (Å²) in [7, 11) is 0. The summed E-state index contributed by atoms with van der Waals surface area (Å²) in [6, 6.07) is 0. The Kier molecular flexibility index (Phi) is 0.758. The second-order valence-electron chi connectivity index (χ2n) is 2.95. The van der Waals surface area contributed by atoms with Crippen LogP contribution in [0, 0.1) is 11.8 Å². The Morgan fingerprint density at radius 3 is 2.38 bits per heavy atom. The van der Waals surface area contributed by atoms with Crippen LogP contribution in [0.5, 0.6) is 0 Å². The van der Waals surface area contributed by atoms with Gasteiger partial charge in [-0.2, -0.15) is 0 Å². The molecule has 8 heavy (non-hydrogen) atoms. The number of hydrogen-bond donors (Lipinski definition) is 0. The molecule has 1 heteroatoms. The second kappa shape index (κ2) is 1.34. The lowest BCUT2D eigenvalue weighted by molar-refractivity contribution is -0.123. The van der Waals surface area contributed by atoms with Crippen LogP contribution >= 0.6 is 0 Å². The molecule has 2 rings (SSSR count). The van der Waals surface area contributed by atoms with Crippen LogP contribution in [0.4, 0.5) is 0 Å². The topological polar surface area (TPSA) is 17.1 Å². The molecule has 1 nitrogen and oxygen atoms in total. The Balaban J connectivity index is 2.15. The highest BCUT2D eigenvalue weighted by molar-refractivity contribution is 5.84. The van der Waals surface area contributed by atoms with E-state index in [1.54, 1.807) is 0 Å². The molecule has 44 valence electrons. The van der Waals surface area contributed by atoms with Crippen LogP contribution in [0.25, 0.3) is 0 Å². The molecule has 0 aliphatic heterocycles. The lowest BCUT2D eigenvalue weighted by atomic mass is 9.76. The predicted octanol–water partition coefficient (Wildman–Crippen LogP) is 1.38. The Morgan fingerprint density at radius 2 is 2.12 bits per heavy atom. The highest BCUT2D eigenvalue weighted by Gasteiger charge is 2.40. The molecule has 0 saturated heterocycles. The van der Waals surface area contributed by atoms with Gasteiger partial charge in [0, 0.05) is 12.3 Å². The number of hydrogen-bond acceptors (Lipinski definition) is 1. The van der Waals surface area contributed by atoms with E-state index in [0.29, 0.717) is 11.7 Å². The maximum atomic E-state index is 10.8. The molecule has 2 aliphatic carbocycles. The van der Waals surface area contributed by atoms with Crippen molar-refractivity contribution in [3.63, 3.8) is 0 Å². The Bertz CT molecular complexity index is 128. The number of Topliss-reactive ketones (excluding diaryl/α,β-unsaturated/α-hetero) is 1. The summed E-state index contributed by atoms with van der Waals surface area (Å²) in [5, 5.41) is 0. The van der Waals surface area contributed by atoms with Gasteiger partial charge in [-0.05, 0) is 25.2 Å². The van der Waals surface area contributed by atoms with Crippen LogP contribution in [0.2, 0.25) is 0 Å². The zero-order chi connectivity index (χ0) is 5.56. The smallest absolute Gasteiger partial charge is 0.136 e. The van der Waals surface area contributed by atoms with Crippen LogP contribution in [0.15, 0.2) is 0 Å². The standard InChI is InChI=1S/C7H10O/c8-7-4-2-5-1-3-6(5)7/h5-6H,1-4H2. The molecule has 0 amide bonds. The molecule has 0 N–H and O–H groups in total. The highest BCUT2D eigenvalue weighted by atomic mass is 16.1. The summed E-state index contributed by atoms with van der Waals surface area (Å²) in [4.78, 5) is 10.8. The van der Waals surface area contributed by atoms with Gasteiger partial charge >= 0.3 is 0 Å².